The number of fused-ring (bicyclic) bond motifs is 3. The smallest absolute Gasteiger partial charge is 0.166 e. The number of nitrogens with one attached hydrogen (secondary N) is 1. The number of rotatable bonds is 3. The van der Waals surface area contributed by atoms with Gasteiger partial charge in [-0.1, -0.05) is 25.5 Å². The van der Waals surface area contributed by atoms with Gasteiger partial charge in [-0.25, -0.2) is 0 Å². The number of hydrogen-bond acceptors (Lipinski definition) is 3. The topological polar surface area (TPSA) is 30.5 Å². The monoisotopic (exact) mass is 261 g/mol. The third-order valence-corrected chi connectivity index (χ3v) is 4.08. The van der Waals surface area contributed by atoms with Crippen molar-refractivity contribution in [3.8, 4) is 11.5 Å². The molecule has 0 aromatic heterocycles. The van der Waals surface area contributed by atoms with Crippen molar-refractivity contribution >= 4 is 0 Å². The highest BCUT2D eigenvalue weighted by molar-refractivity contribution is 5.58. The summed E-state index contributed by atoms with van der Waals surface area (Å²) < 4.78 is 12.3. The van der Waals surface area contributed by atoms with Crippen LogP contribution in [0.5, 0.6) is 11.5 Å². The van der Waals surface area contributed by atoms with Crippen LogP contribution in [0.1, 0.15) is 50.8 Å². The summed E-state index contributed by atoms with van der Waals surface area (Å²) in [7, 11) is 2.00. The Bertz CT molecular complexity index is 496. The maximum atomic E-state index is 6.20. The summed E-state index contributed by atoms with van der Waals surface area (Å²) in [6.45, 7) is 6.46. The summed E-state index contributed by atoms with van der Waals surface area (Å²) in [6.07, 6.45) is 3.38. The molecule has 2 aliphatic rings. The van der Waals surface area contributed by atoms with Gasteiger partial charge in [0.1, 0.15) is 11.7 Å². The molecule has 0 fully saturated rings. The summed E-state index contributed by atoms with van der Waals surface area (Å²) in [4.78, 5) is 0. The van der Waals surface area contributed by atoms with E-state index in [1.54, 1.807) is 0 Å². The second-order valence-corrected chi connectivity index (χ2v) is 6.22. The van der Waals surface area contributed by atoms with Crippen molar-refractivity contribution < 1.29 is 9.47 Å². The van der Waals surface area contributed by atoms with Crippen molar-refractivity contribution in [1.29, 1.82) is 0 Å². The van der Waals surface area contributed by atoms with Gasteiger partial charge in [0.15, 0.2) is 11.5 Å². The van der Waals surface area contributed by atoms with Crippen LogP contribution in [-0.2, 0) is 6.42 Å². The van der Waals surface area contributed by atoms with Crippen LogP contribution in [0.2, 0.25) is 0 Å². The van der Waals surface area contributed by atoms with E-state index in [1.807, 2.05) is 7.05 Å². The predicted octanol–water partition coefficient (Wildman–Crippen LogP) is 3.22. The molecule has 2 aliphatic heterocycles. The first-order chi connectivity index (χ1) is 9.05. The number of hydrogen-bond donors (Lipinski definition) is 1. The van der Waals surface area contributed by atoms with Crippen LogP contribution in [0.25, 0.3) is 0 Å². The normalized spacial score (nSPS) is 26.5. The maximum absolute atomic E-state index is 6.20. The van der Waals surface area contributed by atoms with Crippen LogP contribution in [0, 0.1) is 0 Å². The van der Waals surface area contributed by atoms with E-state index in [-0.39, 0.29) is 17.7 Å². The Morgan fingerprint density at radius 2 is 2.11 bits per heavy atom. The fraction of sp³-hybridized carbons (Fsp3) is 0.625. The van der Waals surface area contributed by atoms with E-state index >= 15 is 0 Å². The Kier molecular flexibility index (Phi) is 2.97. The van der Waals surface area contributed by atoms with E-state index in [2.05, 4.69) is 38.2 Å². The molecule has 0 saturated carbocycles. The summed E-state index contributed by atoms with van der Waals surface area (Å²) in [6, 6.07) is 4.69. The minimum atomic E-state index is -0.112. The highest BCUT2D eigenvalue weighted by Gasteiger charge is 2.40. The molecule has 0 spiro atoms. The molecule has 0 amide bonds. The Balaban J connectivity index is 2.00. The molecule has 1 aromatic carbocycles. The molecule has 2 atom stereocenters. The van der Waals surface area contributed by atoms with Gasteiger partial charge in [0.25, 0.3) is 0 Å². The second kappa shape index (κ2) is 4.41. The average Bonchev–Trinajstić information content (AvgIpc) is 2.84. The van der Waals surface area contributed by atoms with Crippen LogP contribution in [-0.4, -0.2) is 18.8 Å². The molecule has 0 bridgehead atoms. The van der Waals surface area contributed by atoms with Crippen molar-refractivity contribution in [3.05, 3.63) is 23.3 Å². The Hall–Kier alpha value is -1.22. The van der Waals surface area contributed by atoms with Crippen molar-refractivity contribution in [2.75, 3.05) is 7.05 Å². The van der Waals surface area contributed by atoms with E-state index in [4.69, 9.17) is 9.47 Å². The third kappa shape index (κ3) is 2.00. The number of likely N-dealkylation sites (N-methyl/N-ethyl adjacent to an activating group) is 1. The quantitative estimate of drug-likeness (QED) is 0.906. The van der Waals surface area contributed by atoms with Gasteiger partial charge in [0, 0.05) is 17.5 Å². The Morgan fingerprint density at radius 1 is 1.32 bits per heavy atom. The van der Waals surface area contributed by atoms with Crippen molar-refractivity contribution in [1.82, 2.24) is 5.32 Å². The van der Waals surface area contributed by atoms with E-state index in [9.17, 15) is 0 Å². The van der Waals surface area contributed by atoms with Gasteiger partial charge >= 0.3 is 0 Å². The Morgan fingerprint density at radius 3 is 2.79 bits per heavy atom. The first kappa shape index (κ1) is 12.8. The van der Waals surface area contributed by atoms with Gasteiger partial charge in [-0.05, 0) is 27.3 Å². The predicted molar refractivity (Wildman–Crippen MR) is 76.0 cm³/mol. The van der Waals surface area contributed by atoms with Crippen molar-refractivity contribution in [2.24, 2.45) is 0 Å². The van der Waals surface area contributed by atoms with E-state index in [0.29, 0.717) is 0 Å². The summed E-state index contributed by atoms with van der Waals surface area (Å²) >= 11 is 0. The summed E-state index contributed by atoms with van der Waals surface area (Å²) in [5.74, 6) is 1.95. The zero-order valence-electron chi connectivity index (χ0n) is 12.2. The molecule has 2 heterocycles. The average molecular weight is 261 g/mol. The van der Waals surface area contributed by atoms with Gasteiger partial charge in [-0.3, -0.25) is 0 Å². The van der Waals surface area contributed by atoms with Gasteiger partial charge < -0.3 is 14.8 Å². The number of benzene rings is 1. The molecule has 0 saturated heterocycles. The molecule has 19 heavy (non-hydrogen) atoms. The lowest BCUT2D eigenvalue weighted by Crippen LogP contribution is -2.28. The molecule has 3 heteroatoms. The molecule has 104 valence electrons. The maximum Gasteiger partial charge on any atom is 0.166 e. The molecule has 3 rings (SSSR count). The molecule has 0 aliphatic carbocycles. The highest BCUT2D eigenvalue weighted by Crippen LogP contribution is 2.50. The van der Waals surface area contributed by atoms with Gasteiger partial charge in [-0.2, -0.15) is 0 Å². The van der Waals surface area contributed by atoms with E-state index in [0.717, 1.165) is 30.8 Å². The van der Waals surface area contributed by atoms with Gasteiger partial charge in [0.05, 0.1) is 6.04 Å². The molecule has 1 aromatic rings. The third-order valence-electron chi connectivity index (χ3n) is 4.08. The number of ether oxygens (including phenoxy) is 2. The van der Waals surface area contributed by atoms with Crippen LogP contribution in [0.15, 0.2) is 12.1 Å². The summed E-state index contributed by atoms with van der Waals surface area (Å²) in [5.41, 5.74) is 2.41. The first-order valence-electron chi connectivity index (χ1n) is 7.24. The van der Waals surface area contributed by atoms with Crippen molar-refractivity contribution in [3.63, 3.8) is 0 Å². The fourth-order valence-corrected chi connectivity index (χ4v) is 3.28. The van der Waals surface area contributed by atoms with Crippen LogP contribution >= 0.6 is 0 Å². The molecule has 0 radical (unpaired) electrons. The zero-order valence-corrected chi connectivity index (χ0v) is 12.2. The van der Waals surface area contributed by atoms with E-state index < -0.39 is 0 Å². The lowest BCUT2D eigenvalue weighted by atomic mass is 9.97. The largest absolute Gasteiger partial charge is 0.484 e. The molecule has 2 unspecified atom stereocenters. The minimum absolute atomic E-state index is 0.112. The van der Waals surface area contributed by atoms with Crippen LogP contribution < -0.4 is 14.8 Å². The van der Waals surface area contributed by atoms with Crippen molar-refractivity contribution in [2.45, 2.75) is 57.8 Å². The molecular weight excluding hydrogens is 238 g/mol. The van der Waals surface area contributed by atoms with Gasteiger partial charge in [-0.15, -0.1) is 0 Å². The van der Waals surface area contributed by atoms with E-state index in [1.165, 1.54) is 11.1 Å². The minimum Gasteiger partial charge on any atom is -0.484 e. The van der Waals surface area contributed by atoms with Crippen LogP contribution in [0.4, 0.5) is 0 Å². The fourth-order valence-electron chi connectivity index (χ4n) is 3.28. The zero-order chi connectivity index (χ0) is 13.6. The second-order valence-electron chi connectivity index (χ2n) is 6.22. The standard InChI is InChI=1S/C16H23NO2/c1-5-6-12-13(17-4)11-8-7-10-9-16(2,3)19-14(10)15(11)18-12/h7-8,12-13,17H,5-6,9H2,1-4H3. The molecular formula is C16H23NO2. The lowest BCUT2D eigenvalue weighted by molar-refractivity contribution is 0.125. The summed E-state index contributed by atoms with van der Waals surface area (Å²) in [5, 5.41) is 3.39. The molecule has 1 N–H and O–H groups in total. The van der Waals surface area contributed by atoms with Crippen LogP contribution in [0.3, 0.4) is 0 Å². The highest BCUT2D eigenvalue weighted by atomic mass is 16.5. The molecule has 3 nitrogen and oxygen atoms in total. The Labute approximate surface area is 115 Å². The van der Waals surface area contributed by atoms with Gasteiger partial charge in [0.2, 0.25) is 0 Å². The first-order valence-corrected chi connectivity index (χ1v) is 7.24. The SMILES string of the molecule is CCCC1Oc2c(ccc3c2OC(C)(C)C3)C1NC. The lowest BCUT2D eigenvalue weighted by Gasteiger charge is -2.18.